The van der Waals surface area contributed by atoms with Crippen molar-refractivity contribution in [1.29, 1.82) is 0 Å². The van der Waals surface area contributed by atoms with E-state index in [1.54, 1.807) is 7.05 Å². The van der Waals surface area contributed by atoms with Crippen molar-refractivity contribution in [3.8, 4) is 16.9 Å². The fourth-order valence-corrected chi connectivity index (χ4v) is 4.05. The second-order valence-electron chi connectivity index (χ2n) is 7.34. The summed E-state index contributed by atoms with van der Waals surface area (Å²) in [6.45, 7) is 0.0816. The van der Waals surface area contributed by atoms with Gasteiger partial charge in [-0.2, -0.15) is 0 Å². The SMILES string of the molecule is CN(CC(=O)NC1CC1)C(=O)CSc1ncc(-c2ccccc2)n1-c1ccccc1. The van der Waals surface area contributed by atoms with E-state index in [-0.39, 0.29) is 24.1 Å². The maximum absolute atomic E-state index is 12.6. The van der Waals surface area contributed by atoms with E-state index >= 15 is 0 Å². The summed E-state index contributed by atoms with van der Waals surface area (Å²) >= 11 is 1.38. The Morgan fingerprint density at radius 2 is 1.77 bits per heavy atom. The van der Waals surface area contributed by atoms with Gasteiger partial charge in [0.1, 0.15) is 0 Å². The Kier molecular flexibility index (Phi) is 6.18. The summed E-state index contributed by atoms with van der Waals surface area (Å²) < 4.78 is 2.06. The number of carbonyl (C=O) groups excluding carboxylic acids is 2. The Labute approximate surface area is 180 Å². The molecule has 0 spiro atoms. The van der Waals surface area contributed by atoms with Gasteiger partial charge in [0.05, 0.1) is 24.2 Å². The molecule has 154 valence electrons. The molecule has 1 aliphatic carbocycles. The van der Waals surface area contributed by atoms with Crippen LogP contribution < -0.4 is 5.32 Å². The van der Waals surface area contributed by atoms with Gasteiger partial charge in [-0.25, -0.2) is 4.98 Å². The smallest absolute Gasteiger partial charge is 0.239 e. The van der Waals surface area contributed by atoms with Crippen LogP contribution in [-0.2, 0) is 9.59 Å². The van der Waals surface area contributed by atoms with Crippen LogP contribution in [0.4, 0.5) is 0 Å². The number of thioether (sulfide) groups is 1. The molecule has 0 aliphatic heterocycles. The first-order valence-electron chi connectivity index (χ1n) is 9.96. The van der Waals surface area contributed by atoms with Gasteiger partial charge in [0.15, 0.2) is 5.16 Å². The molecule has 2 aromatic carbocycles. The second-order valence-corrected chi connectivity index (χ2v) is 8.29. The summed E-state index contributed by atoms with van der Waals surface area (Å²) in [6, 6.07) is 20.3. The minimum Gasteiger partial charge on any atom is -0.352 e. The molecule has 1 saturated carbocycles. The highest BCUT2D eigenvalue weighted by Gasteiger charge is 2.24. The van der Waals surface area contributed by atoms with Crippen molar-refractivity contribution < 1.29 is 9.59 Å². The van der Waals surface area contributed by atoms with E-state index in [9.17, 15) is 9.59 Å². The lowest BCUT2D eigenvalue weighted by Gasteiger charge is -2.17. The summed E-state index contributed by atoms with van der Waals surface area (Å²) in [5.74, 6) is 0.0102. The minimum absolute atomic E-state index is 0.0816. The molecule has 1 heterocycles. The first-order valence-corrected chi connectivity index (χ1v) is 10.9. The third-order valence-electron chi connectivity index (χ3n) is 4.89. The highest BCUT2D eigenvalue weighted by Crippen LogP contribution is 2.29. The number of likely N-dealkylation sites (N-methyl/N-ethyl adjacent to an activating group) is 1. The standard InChI is InChI=1S/C23H24N4O2S/c1-26(15-21(28)25-18-12-13-18)22(29)16-30-23-24-14-20(17-8-4-2-5-9-17)27(23)19-10-6-3-7-11-19/h2-11,14,18H,12-13,15-16H2,1H3,(H,25,28). The third-order valence-corrected chi connectivity index (χ3v) is 5.82. The van der Waals surface area contributed by atoms with Gasteiger partial charge in [0.2, 0.25) is 11.8 Å². The van der Waals surface area contributed by atoms with Crippen LogP contribution in [0.2, 0.25) is 0 Å². The molecule has 7 heteroatoms. The molecule has 30 heavy (non-hydrogen) atoms. The minimum atomic E-state index is -0.102. The molecule has 0 bridgehead atoms. The summed E-state index contributed by atoms with van der Waals surface area (Å²) in [7, 11) is 1.66. The van der Waals surface area contributed by atoms with E-state index in [4.69, 9.17) is 0 Å². The molecule has 1 N–H and O–H groups in total. The molecule has 0 radical (unpaired) electrons. The number of nitrogens with one attached hydrogen (secondary N) is 1. The van der Waals surface area contributed by atoms with Crippen LogP contribution in [0.5, 0.6) is 0 Å². The molecule has 4 rings (SSSR count). The fraction of sp³-hybridized carbons (Fsp3) is 0.261. The van der Waals surface area contributed by atoms with Gasteiger partial charge in [-0.15, -0.1) is 0 Å². The molecule has 0 atom stereocenters. The van der Waals surface area contributed by atoms with Crippen molar-refractivity contribution in [2.24, 2.45) is 0 Å². The van der Waals surface area contributed by atoms with E-state index in [0.717, 1.165) is 34.9 Å². The van der Waals surface area contributed by atoms with Crippen LogP contribution in [0.15, 0.2) is 72.0 Å². The van der Waals surface area contributed by atoms with E-state index in [0.29, 0.717) is 6.04 Å². The molecule has 0 saturated heterocycles. The predicted octanol–water partition coefficient (Wildman–Crippen LogP) is 3.37. The van der Waals surface area contributed by atoms with Crippen LogP contribution in [0.3, 0.4) is 0 Å². The van der Waals surface area contributed by atoms with Gasteiger partial charge in [-0.1, -0.05) is 60.3 Å². The Morgan fingerprint density at radius 1 is 1.10 bits per heavy atom. The van der Waals surface area contributed by atoms with Crippen molar-refractivity contribution >= 4 is 23.6 Å². The average Bonchev–Trinajstić information content (AvgIpc) is 3.48. The van der Waals surface area contributed by atoms with Crippen molar-refractivity contribution in [3.05, 3.63) is 66.9 Å². The number of para-hydroxylation sites is 1. The molecule has 6 nitrogen and oxygen atoms in total. The molecule has 0 unspecified atom stereocenters. The van der Waals surface area contributed by atoms with Crippen molar-refractivity contribution in [2.45, 2.75) is 24.0 Å². The lowest BCUT2D eigenvalue weighted by atomic mass is 10.1. The first kappa shape index (κ1) is 20.2. The zero-order valence-electron chi connectivity index (χ0n) is 16.8. The molecule has 3 aromatic rings. The molecule has 1 aromatic heterocycles. The monoisotopic (exact) mass is 420 g/mol. The normalized spacial score (nSPS) is 13.1. The van der Waals surface area contributed by atoms with Crippen LogP contribution in [0, 0.1) is 0 Å². The topological polar surface area (TPSA) is 67.2 Å². The van der Waals surface area contributed by atoms with Crippen molar-refractivity contribution in [2.75, 3.05) is 19.3 Å². The van der Waals surface area contributed by atoms with E-state index in [1.165, 1.54) is 16.7 Å². The number of hydrogen-bond acceptors (Lipinski definition) is 4. The molecular formula is C23H24N4O2S. The van der Waals surface area contributed by atoms with Crippen molar-refractivity contribution in [3.63, 3.8) is 0 Å². The molecule has 1 aliphatic rings. The number of hydrogen-bond donors (Lipinski definition) is 1. The molecule has 1 fully saturated rings. The van der Waals surface area contributed by atoms with Gasteiger partial charge in [-0.05, 0) is 25.0 Å². The summed E-state index contributed by atoms with van der Waals surface area (Å²) in [5, 5.41) is 3.65. The number of nitrogens with zero attached hydrogens (tertiary/aromatic N) is 3. The number of benzene rings is 2. The summed E-state index contributed by atoms with van der Waals surface area (Å²) in [5.41, 5.74) is 3.01. The highest BCUT2D eigenvalue weighted by atomic mass is 32.2. The Morgan fingerprint density at radius 3 is 2.43 bits per heavy atom. The number of carbonyl (C=O) groups is 2. The van der Waals surface area contributed by atoms with E-state index in [2.05, 4.69) is 14.9 Å². The van der Waals surface area contributed by atoms with E-state index in [1.807, 2.05) is 66.9 Å². The average molecular weight is 421 g/mol. The Balaban J connectivity index is 1.49. The maximum atomic E-state index is 12.6. The number of amides is 2. The second kappa shape index (κ2) is 9.17. The predicted molar refractivity (Wildman–Crippen MR) is 119 cm³/mol. The van der Waals surface area contributed by atoms with Crippen molar-refractivity contribution in [1.82, 2.24) is 19.8 Å². The van der Waals surface area contributed by atoms with Gasteiger partial charge in [0.25, 0.3) is 0 Å². The van der Waals surface area contributed by atoms with Crippen LogP contribution in [0.1, 0.15) is 12.8 Å². The van der Waals surface area contributed by atoms with Crippen LogP contribution >= 0.6 is 11.8 Å². The van der Waals surface area contributed by atoms with Gasteiger partial charge < -0.3 is 10.2 Å². The van der Waals surface area contributed by atoms with Gasteiger partial charge in [-0.3, -0.25) is 14.2 Å². The lowest BCUT2D eigenvalue weighted by Crippen LogP contribution is -2.39. The van der Waals surface area contributed by atoms with E-state index < -0.39 is 0 Å². The Bertz CT molecular complexity index is 1020. The quantitative estimate of drug-likeness (QED) is 0.568. The first-order chi connectivity index (χ1) is 14.6. The molecular weight excluding hydrogens is 396 g/mol. The summed E-state index contributed by atoms with van der Waals surface area (Å²) in [6.07, 6.45) is 3.90. The third kappa shape index (κ3) is 4.91. The van der Waals surface area contributed by atoms with Crippen LogP contribution in [-0.4, -0.2) is 51.7 Å². The number of aromatic nitrogens is 2. The largest absolute Gasteiger partial charge is 0.352 e. The maximum Gasteiger partial charge on any atom is 0.239 e. The fourth-order valence-electron chi connectivity index (χ4n) is 3.12. The Hall–Kier alpha value is -3.06. The van der Waals surface area contributed by atoms with Crippen LogP contribution in [0.25, 0.3) is 16.9 Å². The zero-order chi connectivity index (χ0) is 20.9. The highest BCUT2D eigenvalue weighted by molar-refractivity contribution is 7.99. The lowest BCUT2D eigenvalue weighted by molar-refractivity contribution is -0.132. The zero-order valence-corrected chi connectivity index (χ0v) is 17.6. The number of rotatable bonds is 8. The van der Waals surface area contributed by atoms with Gasteiger partial charge in [0, 0.05) is 24.3 Å². The molecule has 2 amide bonds. The summed E-state index contributed by atoms with van der Waals surface area (Å²) in [4.78, 5) is 30.6. The number of imidazole rings is 1. The van der Waals surface area contributed by atoms with Gasteiger partial charge >= 0.3 is 0 Å².